The van der Waals surface area contributed by atoms with Crippen LogP contribution >= 0.6 is 11.3 Å². The minimum absolute atomic E-state index is 0.253. The van der Waals surface area contributed by atoms with Gasteiger partial charge < -0.3 is 5.73 Å². The Hall–Kier alpha value is -0.870. The molecule has 0 saturated carbocycles. The molecule has 16 heavy (non-hydrogen) atoms. The number of thiazole rings is 1. The molecule has 2 rings (SSSR count). The van der Waals surface area contributed by atoms with E-state index in [1.807, 2.05) is 0 Å². The van der Waals surface area contributed by atoms with Crippen LogP contribution in [0.3, 0.4) is 0 Å². The number of rotatable bonds is 4. The topological polar surface area (TPSA) is 43.3 Å². The zero-order valence-corrected chi connectivity index (χ0v) is 11.0. The van der Waals surface area contributed by atoms with Crippen LogP contribution < -0.4 is 5.73 Å². The molecule has 0 fully saturated rings. The van der Waals surface area contributed by atoms with Crippen LogP contribution in [0.1, 0.15) is 36.8 Å². The predicted octanol–water partition coefficient (Wildman–Crippen LogP) is 2.68. The first-order valence-corrected chi connectivity index (χ1v) is 6.69. The maximum Gasteiger partial charge on any atom is 0.194 e. The van der Waals surface area contributed by atoms with Gasteiger partial charge in [-0.2, -0.15) is 0 Å². The molecule has 2 heterocycles. The van der Waals surface area contributed by atoms with Crippen LogP contribution in [0.25, 0.3) is 4.96 Å². The van der Waals surface area contributed by atoms with Crippen molar-refractivity contribution in [3.8, 4) is 0 Å². The minimum atomic E-state index is 0.253. The molecule has 0 aliphatic rings. The third kappa shape index (κ3) is 1.99. The first kappa shape index (κ1) is 11.6. The summed E-state index contributed by atoms with van der Waals surface area (Å²) in [5, 5.41) is 2.15. The van der Waals surface area contributed by atoms with E-state index in [0.717, 1.165) is 29.9 Å². The van der Waals surface area contributed by atoms with Crippen molar-refractivity contribution >= 4 is 16.3 Å². The summed E-state index contributed by atoms with van der Waals surface area (Å²) in [6.07, 6.45) is 3.15. The SMILES string of the molecule is CCCC(N)Cc1c(C)nc2scc(C)n12. The van der Waals surface area contributed by atoms with E-state index in [1.165, 1.54) is 11.4 Å². The van der Waals surface area contributed by atoms with Crippen molar-refractivity contribution in [2.24, 2.45) is 5.73 Å². The van der Waals surface area contributed by atoms with Crippen molar-refractivity contribution in [1.29, 1.82) is 0 Å². The number of aryl methyl sites for hydroxylation is 2. The number of imidazole rings is 1. The van der Waals surface area contributed by atoms with Gasteiger partial charge in [-0.1, -0.05) is 13.3 Å². The average Bonchev–Trinajstić information content (AvgIpc) is 2.70. The van der Waals surface area contributed by atoms with Crippen LogP contribution in [0.4, 0.5) is 0 Å². The Labute approximate surface area is 100 Å². The van der Waals surface area contributed by atoms with Gasteiger partial charge in [0, 0.05) is 29.2 Å². The fraction of sp³-hybridized carbons (Fsp3) is 0.583. The van der Waals surface area contributed by atoms with Crippen LogP contribution in [0.5, 0.6) is 0 Å². The normalized spacial score (nSPS) is 13.5. The van der Waals surface area contributed by atoms with Crippen LogP contribution in [-0.4, -0.2) is 15.4 Å². The lowest BCUT2D eigenvalue weighted by Gasteiger charge is -2.10. The Morgan fingerprint density at radius 3 is 2.94 bits per heavy atom. The first-order valence-electron chi connectivity index (χ1n) is 5.81. The molecule has 3 nitrogen and oxygen atoms in total. The molecule has 0 bridgehead atoms. The summed E-state index contributed by atoms with van der Waals surface area (Å²) < 4.78 is 2.25. The van der Waals surface area contributed by atoms with Crippen LogP contribution in [0, 0.1) is 13.8 Å². The lowest BCUT2D eigenvalue weighted by Crippen LogP contribution is -2.23. The highest BCUT2D eigenvalue weighted by molar-refractivity contribution is 7.15. The van der Waals surface area contributed by atoms with Crippen molar-refractivity contribution in [2.45, 2.75) is 46.1 Å². The van der Waals surface area contributed by atoms with Gasteiger partial charge in [-0.3, -0.25) is 4.40 Å². The Bertz CT molecular complexity index is 484. The molecule has 0 radical (unpaired) electrons. The number of fused-ring (bicyclic) bond motifs is 1. The Morgan fingerprint density at radius 1 is 1.50 bits per heavy atom. The van der Waals surface area contributed by atoms with Gasteiger partial charge in [0.05, 0.1) is 5.69 Å². The fourth-order valence-corrected chi connectivity index (χ4v) is 3.06. The summed E-state index contributed by atoms with van der Waals surface area (Å²) >= 11 is 1.70. The molecule has 0 aliphatic heterocycles. The molecular formula is C12H19N3S. The summed E-state index contributed by atoms with van der Waals surface area (Å²) in [4.78, 5) is 5.66. The maximum atomic E-state index is 6.12. The molecule has 1 unspecified atom stereocenters. The Balaban J connectivity index is 2.34. The average molecular weight is 237 g/mol. The van der Waals surface area contributed by atoms with Crippen molar-refractivity contribution < 1.29 is 0 Å². The fourth-order valence-electron chi connectivity index (χ4n) is 2.13. The van der Waals surface area contributed by atoms with Crippen LogP contribution in [0.2, 0.25) is 0 Å². The molecule has 0 aliphatic carbocycles. The quantitative estimate of drug-likeness (QED) is 0.888. The summed E-state index contributed by atoms with van der Waals surface area (Å²) in [6, 6.07) is 0.253. The highest BCUT2D eigenvalue weighted by Crippen LogP contribution is 2.21. The summed E-state index contributed by atoms with van der Waals surface area (Å²) in [6.45, 7) is 6.38. The van der Waals surface area contributed by atoms with Crippen molar-refractivity contribution in [2.75, 3.05) is 0 Å². The van der Waals surface area contributed by atoms with E-state index in [2.05, 4.69) is 35.5 Å². The molecule has 2 aromatic rings. The van der Waals surface area contributed by atoms with E-state index in [0.29, 0.717) is 0 Å². The van der Waals surface area contributed by atoms with Gasteiger partial charge in [0.15, 0.2) is 4.96 Å². The summed E-state index contributed by atoms with van der Waals surface area (Å²) in [5.41, 5.74) is 9.79. The number of aromatic nitrogens is 2. The Kier molecular flexibility index (Phi) is 3.30. The van der Waals surface area contributed by atoms with Gasteiger partial charge in [0.25, 0.3) is 0 Å². The van der Waals surface area contributed by atoms with E-state index < -0.39 is 0 Å². The molecule has 2 N–H and O–H groups in total. The standard InChI is InChI=1S/C12H19N3S/c1-4-5-10(13)6-11-9(3)14-12-15(11)8(2)7-16-12/h7,10H,4-6,13H2,1-3H3. The lowest BCUT2D eigenvalue weighted by atomic mass is 10.1. The maximum absolute atomic E-state index is 6.12. The molecule has 0 spiro atoms. The minimum Gasteiger partial charge on any atom is -0.327 e. The van der Waals surface area contributed by atoms with E-state index in [9.17, 15) is 0 Å². The van der Waals surface area contributed by atoms with Gasteiger partial charge >= 0.3 is 0 Å². The first-order chi connectivity index (χ1) is 7.63. The number of hydrogen-bond acceptors (Lipinski definition) is 3. The summed E-state index contributed by atoms with van der Waals surface area (Å²) in [7, 11) is 0. The van der Waals surface area contributed by atoms with Crippen LogP contribution in [0.15, 0.2) is 5.38 Å². The smallest absolute Gasteiger partial charge is 0.194 e. The second kappa shape index (κ2) is 4.55. The zero-order valence-electron chi connectivity index (χ0n) is 10.2. The molecule has 88 valence electrons. The number of nitrogens with two attached hydrogens (primary N) is 1. The summed E-state index contributed by atoms with van der Waals surface area (Å²) in [5.74, 6) is 0. The van der Waals surface area contributed by atoms with E-state index in [1.54, 1.807) is 11.3 Å². The van der Waals surface area contributed by atoms with E-state index >= 15 is 0 Å². The molecule has 0 amide bonds. The Morgan fingerprint density at radius 2 is 2.25 bits per heavy atom. The zero-order chi connectivity index (χ0) is 11.7. The van der Waals surface area contributed by atoms with Crippen molar-refractivity contribution in [1.82, 2.24) is 9.38 Å². The number of nitrogens with zero attached hydrogens (tertiary/aromatic N) is 2. The van der Waals surface area contributed by atoms with Gasteiger partial charge in [0.1, 0.15) is 0 Å². The van der Waals surface area contributed by atoms with Crippen LogP contribution in [-0.2, 0) is 6.42 Å². The highest BCUT2D eigenvalue weighted by Gasteiger charge is 2.14. The van der Waals surface area contributed by atoms with E-state index in [-0.39, 0.29) is 6.04 Å². The van der Waals surface area contributed by atoms with Crippen molar-refractivity contribution in [3.05, 3.63) is 22.5 Å². The molecule has 1 atom stereocenters. The highest BCUT2D eigenvalue weighted by atomic mass is 32.1. The largest absolute Gasteiger partial charge is 0.327 e. The molecule has 0 aromatic carbocycles. The van der Waals surface area contributed by atoms with Crippen molar-refractivity contribution in [3.63, 3.8) is 0 Å². The molecule has 4 heteroatoms. The molecule has 2 aromatic heterocycles. The molecule has 0 saturated heterocycles. The lowest BCUT2D eigenvalue weighted by molar-refractivity contribution is 0.589. The third-order valence-corrected chi connectivity index (χ3v) is 3.89. The monoisotopic (exact) mass is 237 g/mol. The van der Waals surface area contributed by atoms with Gasteiger partial charge in [-0.15, -0.1) is 11.3 Å². The second-order valence-electron chi connectivity index (χ2n) is 4.39. The third-order valence-electron chi connectivity index (χ3n) is 2.94. The van der Waals surface area contributed by atoms with Gasteiger partial charge in [0.2, 0.25) is 0 Å². The second-order valence-corrected chi connectivity index (χ2v) is 5.23. The predicted molar refractivity (Wildman–Crippen MR) is 69.1 cm³/mol. The molecular weight excluding hydrogens is 218 g/mol. The van der Waals surface area contributed by atoms with Gasteiger partial charge in [-0.05, 0) is 20.3 Å². The number of hydrogen-bond donors (Lipinski definition) is 1. The van der Waals surface area contributed by atoms with Gasteiger partial charge in [-0.25, -0.2) is 4.98 Å². The van der Waals surface area contributed by atoms with E-state index in [4.69, 9.17) is 5.73 Å².